The van der Waals surface area contributed by atoms with E-state index in [0.717, 1.165) is 5.75 Å². The van der Waals surface area contributed by atoms with Crippen LogP contribution in [0.2, 0.25) is 0 Å². The van der Waals surface area contributed by atoms with Gasteiger partial charge in [0.25, 0.3) is 5.91 Å². The van der Waals surface area contributed by atoms with E-state index in [2.05, 4.69) is 58.1 Å². The minimum absolute atomic E-state index is 0.0915. The summed E-state index contributed by atoms with van der Waals surface area (Å²) in [6.45, 7) is 13.6. The fourth-order valence-electron chi connectivity index (χ4n) is 3.06. The number of para-hydroxylation sites is 1. The maximum atomic E-state index is 12.5. The monoisotopic (exact) mass is 397 g/mol. The molecule has 0 spiro atoms. The van der Waals surface area contributed by atoms with Crippen LogP contribution in [0, 0.1) is 0 Å². The van der Waals surface area contributed by atoms with Crippen LogP contribution < -0.4 is 14.8 Å². The topological polar surface area (TPSA) is 47.6 Å². The van der Waals surface area contributed by atoms with Gasteiger partial charge < -0.3 is 14.8 Å². The molecule has 0 radical (unpaired) electrons. The summed E-state index contributed by atoms with van der Waals surface area (Å²) in [7, 11) is 0. The van der Waals surface area contributed by atoms with Crippen LogP contribution in [0.4, 0.5) is 0 Å². The Morgan fingerprint density at radius 2 is 1.69 bits per heavy atom. The molecule has 1 N–H and O–H groups in total. The number of hydrogen-bond donors (Lipinski definition) is 1. The van der Waals surface area contributed by atoms with Crippen LogP contribution in [-0.2, 0) is 10.2 Å². The number of hydrogen-bond acceptors (Lipinski definition) is 3. The van der Waals surface area contributed by atoms with Crippen LogP contribution in [0.3, 0.4) is 0 Å². The summed E-state index contributed by atoms with van der Waals surface area (Å²) in [4.78, 5) is 12.5. The van der Waals surface area contributed by atoms with Crippen molar-refractivity contribution in [3.63, 3.8) is 0 Å². The summed E-state index contributed by atoms with van der Waals surface area (Å²) < 4.78 is 11.8. The minimum Gasteiger partial charge on any atom is -0.491 e. The molecule has 2 aromatic carbocycles. The number of benzene rings is 2. The van der Waals surface area contributed by atoms with Gasteiger partial charge in [0.2, 0.25) is 0 Å². The SMILES string of the molecule is CC[C@H](Oc1ccc(C(C)(C)C)cc1)C(=O)NCCOc1ccccc1C(C)C. The molecule has 2 rings (SSSR count). The normalized spacial score (nSPS) is 12.5. The van der Waals surface area contributed by atoms with Crippen LogP contribution in [0.15, 0.2) is 48.5 Å². The predicted octanol–water partition coefficient (Wildman–Crippen LogP) is 5.46. The third kappa shape index (κ3) is 6.81. The lowest BCUT2D eigenvalue weighted by Crippen LogP contribution is -2.39. The summed E-state index contributed by atoms with van der Waals surface area (Å²) in [5.74, 6) is 1.86. The van der Waals surface area contributed by atoms with Crippen LogP contribution in [0.25, 0.3) is 0 Å². The van der Waals surface area contributed by atoms with Gasteiger partial charge in [-0.3, -0.25) is 4.79 Å². The molecule has 0 fully saturated rings. The largest absolute Gasteiger partial charge is 0.491 e. The van der Waals surface area contributed by atoms with Crippen molar-refractivity contribution in [1.82, 2.24) is 5.32 Å². The van der Waals surface area contributed by atoms with Gasteiger partial charge in [0.05, 0.1) is 6.54 Å². The molecule has 0 heterocycles. The van der Waals surface area contributed by atoms with Crippen molar-refractivity contribution in [1.29, 1.82) is 0 Å². The Morgan fingerprint density at radius 1 is 1.03 bits per heavy atom. The molecule has 0 aliphatic heterocycles. The molecule has 4 heteroatoms. The van der Waals surface area contributed by atoms with Gasteiger partial charge in [-0.2, -0.15) is 0 Å². The fourth-order valence-corrected chi connectivity index (χ4v) is 3.06. The predicted molar refractivity (Wildman–Crippen MR) is 119 cm³/mol. The number of ether oxygens (including phenoxy) is 2. The molecule has 4 nitrogen and oxygen atoms in total. The van der Waals surface area contributed by atoms with Gasteiger partial charge in [-0.15, -0.1) is 0 Å². The first-order valence-corrected chi connectivity index (χ1v) is 10.5. The molecule has 29 heavy (non-hydrogen) atoms. The Morgan fingerprint density at radius 3 is 2.28 bits per heavy atom. The lowest BCUT2D eigenvalue weighted by atomic mass is 9.87. The van der Waals surface area contributed by atoms with E-state index in [1.165, 1.54) is 11.1 Å². The molecule has 1 amide bonds. The third-order valence-corrected chi connectivity index (χ3v) is 4.86. The second kappa shape index (κ2) is 10.3. The van der Waals surface area contributed by atoms with Gasteiger partial charge in [0, 0.05) is 0 Å². The highest BCUT2D eigenvalue weighted by atomic mass is 16.5. The standard InChI is InChI=1S/C25H35NO3/c1-7-22(29-20-14-12-19(13-15-20)25(4,5)6)24(27)26-16-17-28-23-11-9-8-10-21(23)18(2)3/h8-15,18,22H,7,16-17H2,1-6H3,(H,26,27)/t22-/m0/s1. The van der Waals surface area contributed by atoms with Crippen LogP contribution in [0.5, 0.6) is 11.5 Å². The zero-order valence-electron chi connectivity index (χ0n) is 18.6. The van der Waals surface area contributed by atoms with E-state index in [1.54, 1.807) is 0 Å². The molecule has 0 aliphatic rings. The first kappa shape index (κ1) is 22.8. The molecule has 0 bridgehead atoms. The van der Waals surface area contributed by atoms with Crippen molar-refractivity contribution in [2.24, 2.45) is 0 Å². The smallest absolute Gasteiger partial charge is 0.261 e. The summed E-state index contributed by atoms with van der Waals surface area (Å²) in [6, 6.07) is 16.0. The van der Waals surface area contributed by atoms with Gasteiger partial charge in [0.15, 0.2) is 6.10 Å². The van der Waals surface area contributed by atoms with Crippen molar-refractivity contribution >= 4 is 5.91 Å². The number of rotatable bonds is 9. The average Bonchev–Trinajstić information content (AvgIpc) is 2.69. The highest BCUT2D eigenvalue weighted by Crippen LogP contribution is 2.26. The van der Waals surface area contributed by atoms with E-state index in [9.17, 15) is 4.79 Å². The first-order valence-electron chi connectivity index (χ1n) is 10.5. The van der Waals surface area contributed by atoms with Gasteiger partial charge in [-0.25, -0.2) is 0 Å². The van der Waals surface area contributed by atoms with E-state index < -0.39 is 6.10 Å². The van der Waals surface area contributed by atoms with Crippen LogP contribution >= 0.6 is 0 Å². The summed E-state index contributed by atoms with van der Waals surface area (Å²) in [5, 5.41) is 2.92. The third-order valence-electron chi connectivity index (χ3n) is 4.86. The second-order valence-corrected chi connectivity index (χ2v) is 8.62. The van der Waals surface area contributed by atoms with Gasteiger partial charge in [-0.1, -0.05) is 71.9 Å². The molecule has 0 saturated heterocycles. The molecule has 1 atom stereocenters. The lowest BCUT2D eigenvalue weighted by Gasteiger charge is -2.21. The highest BCUT2D eigenvalue weighted by Gasteiger charge is 2.19. The molecule has 158 valence electrons. The summed E-state index contributed by atoms with van der Waals surface area (Å²) in [5.41, 5.74) is 2.50. The van der Waals surface area contributed by atoms with E-state index in [-0.39, 0.29) is 11.3 Å². The van der Waals surface area contributed by atoms with Gasteiger partial charge >= 0.3 is 0 Å². The molecular weight excluding hydrogens is 362 g/mol. The van der Waals surface area contributed by atoms with E-state index in [1.807, 2.05) is 37.3 Å². The molecule has 0 unspecified atom stereocenters. The lowest BCUT2D eigenvalue weighted by molar-refractivity contribution is -0.128. The molecule has 2 aromatic rings. The summed E-state index contributed by atoms with van der Waals surface area (Å²) >= 11 is 0. The maximum Gasteiger partial charge on any atom is 0.261 e. The van der Waals surface area contributed by atoms with Crippen molar-refractivity contribution in [2.75, 3.05) is 13.2 Å². The average molecular weight is 398 g/mol. The maximum absolute atomic E-state index is 12.5. The van der Waals surface area contributed by atoms with Gasteiger partial charge in [-0.05, 0) is 47.1 Å². The Balaban J connectivity index is 1.84. The Bertz CT molecular complexity index is 775. The zero-order chi connectivity index (χ0) is 21.4. The number of carbonyl (C=O) groups is 1. The first-order chi connectivity index (χ1) is 13.7. The molecule has 0 aliphatic carbocycles. The van der Waals surface area contributed by atoms with Crippen molar-refractivity contribution in [3.8, 4) is 11.5 Å². The quantitative estimate of drug-likeness (QED) is 0.572. The van der Waals surface area contributed by atoms with E-state index in [4.69, 9.17) is 9.47 Å². The van der Waals surface area contributed by atoms with E-state index in [0.29, 0.717) is 31.2 Å². The van der Waals surface area contributed by atoms with Crippen LogP contribution in [-0.4, -0.2) is 25.2 Å². The molecule has 0 saturated carbocycles. The van der Waals surface area contributed by atoms with Crippen molar-refractivity contribution < 1.29 is 14.3 Å². The number of nitrogens with one attached hydrogen (secondary N) is 1. The number of amides is 1. The Hall–Kier alpha value is -2.49. The van der Waals surface area contributed by atoms with E-state index >= 15 is 0 Å². The molecular formula is C25H35NO3. The zero-order valence-corrected chi connectivity index (χ0v) is 18.6. The van der Waals surface area contributed by atoms with Gasteiger partial charge in [0.1, 0.15) is 18.1 Å². The van der Waals surface area contributed by atoms with Crippen molar-refractivity contribution in [2.45, 2.75) is 65.4 Å². The number of carbonyl (C=O) groups excluding carboxylic acids is 1. The second-order valence-electron chi connectivity index (χ2n) is 8.62. The fraction of sp³-hybridized carbons (Fsp3) is 0.480. The summed E-state index contributed by atoms with van der Waals surface area (Å²) in [6.07, 6.45) is 0.0858. The Labute approximate surface area is 175 Å². The highest BCUT2D eigenvalue weighted by molar-refractivity contribution is 5.81. The Kier molecular flexibility index (Phi) is 8.12. The van der Waals surface area contributed by atoms with Crippen LogP contribution in [0.1, 0.15) is 65.0 Å². The molecule has 0 aromatic heterocycles. The minimum atomic E-state index is -0.515. The van der Waals surface area contributed by atoms with Crippen molar-refractivity contribution in [3.05, 3.63) is 59.7 Å².